The third-order valence-corrected chi connectivity index (χ3v) is 4.50. The van der Waals surface area contributed by atoms with Crippen molar-refractivity contribution in [3.63, 3.8) is 0 Å². The standard InChI is InChI=1S/C13H19N3O3S/c1-3-9-10(20-16-15-9)11(17)14-13(12(18)19-2)7-5-4-6-8-13/h3-8H2,1-2H3,(H,14,17). The molecule has 0 aromatic carbocycles. The number of hydrogen-bond acceptors (Lipinski definition) is 6. The minimum atomic E-state index is -0.890. The van der Waals surface area contributed by atoms with Crippen LogP contribution in [0.3, 0.4) is 0 Å². The summed E-state index contributed by atoms with van der Waals surface area (Å²) in [6.07, 6.45) is 4.80. The molecule has 2 rings (SSSR count). The minimum absolute atomic E-state index is 0.274. The average molecular weight is 297 g/mol. The molecule has 1 heterocycles. The largest absolute Gasteiger partial charge is 0.467 e. The fraction of sp³-hybridized carbons (Fsp3) is 0.692. The highest BCUT2D eigenvalue weighted by molar-refractivity contribution is 7.08. The van der Waals surface area contributed by atoms with Crippen LogP contribution in [0.15, 0.2) is 0 Å². The maximum Gasteiger partial charge on any atom is 0.331 e. The van der Waals surface area contributed by atoms with Crippen LogP contribution in [0.5, 0.6) is 0 Å². The number of nitrogens with one attached hydrogen (secondary N) is 1. The first-order valence-corrected chi connectivity index (χ1v) is 7.62. The van der Waals surface area contributed by atoms with E-state index in [1.165, 1.54) is 7.11 Å². The summed E-state index contributed by atoms with van der Waals surface area (Å²) in [5.41, 5.74) is -0.220. The molecule has 1 fully saturated rings. The molecule has 1 aromatic heterocycles. The quantitative estimate of drug-likeness (QED) is 0.856. The number of carbonyl (C=O) groups is 2. The van der Waals surface area contributed by atoms with Crippen LogP contribution in [0.2, 0.25) is 0 Å². The maximum atomic E-state index is 12.4. The molecule has 0 unspecified atom stereocenters. The van der Waals surface area contributed by atoms with E-state index in [4.69, 9.17) is 4.74 Å². The first-order valence-electron chi connectivity index (χ1n) is 6.85. The Bertz CT molecular complexity index is 495. The van der Waals surface area contributed by atoms with E-state index in [9.17, 15) is 9.59 Å². The summed E-state index contributed by atoms with van der Waals surface area (Å²) in [6.45, 7) is 1.92. The van der Waals surface area contributed by atoms with E-state index in [0.29, 0.717) is 29.8 Å². The molecular weight excluding hydrogens is 278 g/mol. The molecule has 1 N–H and O–H groups in total. The van der Waals surface area contributed by atoms with E-state index in [1.54, 1.807) is 0 Å². The lowest BCUT2D eigenvalue weighted by Crippen LogP contribution is -2.56. The average Bonchev–Trinajstić information content (AvgIpc) is 2.95. The van der Waals surface area contributed by atoms with E-state index in [1.807, 2.05) is 6.92 Å². The lowest BCUT2D eigenvalue weighted by molar-refractivity contribution is -0.149. The molecule has 6 nitrogen and oxygen atoms in total. The molecule has 1 aliphatic carbocycles. The summed E-state index contributed by atoms with van der Waals surface area (Å²) < 4.78 is 8.70. The Balaban J connectivity index is 2.19. The van der Waals surface area contributed by atoms with E-state index < -0.39 is 5.54 Å². The summed E-state index contributed by atoms with van der Waals surface area (Å²) in [5, 5.41) is 6.81. The van der Waals surface area contributed by atoms with Gasteiger partial charge < -0.3 is 10.1 Å². The molecule has 1 aliphatic rings. The second kappa shape index (κ2) is 6.30. The van der Waals surface area contributed by atoms with Gasteiger partial charge >= 0.3 is 5.97 Å². The Morgan fingerprint density at radius 1 is 1.35 bits per heavy atom. The van der Waals surface area contributed by atoms with Crippen molar-refractivity contribution in [2.75, 3.05) is 7.11 Å². The van der Waals surface area contributed by atoms with Gasteiger partial charge in [-0.3, -0.25) is 4.79 Å². The molecule has 1 amide bonds. The second-order valence-electron chi connectivity index (χ2n) is 4.99. The minimum Gasteiger partial charge on any atom is -0.467 e. The summed E-state index contributed by atoms with van der Waals surface area (Å²) in [6, 6.07) is 0. The number of aromatic nitrogens is 2. The predicted octanol–water partition coefficient (Wildman–Crippen LogP) is 1.71. The van der Waals surface area contributed by atoms with Crippen molar-refractivity contribution in [2.45, 2.75) is 51.0 Å². The van der Waals surface area contributed by atoms with E-state index in [2.05, 4.69) is 14.9 Å². The maximum absolute atomic E-state index is 12.4. The van der Waals surface area contributed by atoms with Gasteiger partial charge in [0.05, 0.1) is 12.8 Å². The Labute approximate surface area is 122 Å². The van der Waals surface area contributed by atoms with Crippen molar-refractivity contribution >= 4 is 23.4 Å². The Morgan fingerprint density at radius 3 is 2.65 bits per heavy atom. The Hall–Kier alpha value is -1.50. The number of carbonyl (C=O) groups excluding carboxylic acids is 2. The molecule has 0 aliphatic heterocycles. The lowest BCUT2D eigenvalue weighted by Gasteiger charge is -2.35. The van der Waals surface area contributed by atoms with Gasteiger partial charge in [0.2, 0.25) is 0 Å². The van der Waals surface area contributed by atoms with Crippen LogP contribution >= 0.6 is 11.5 Å². The van der Waals surface area contributed by atoms with Gasteiger partial charge in [0, 0.05) is 0 Å². The van der Waals surface area contributed by atoms with Crippen molar-refractivity contribution in [3.8, 4) is 0 Å². The first kappa shape index (κ1) is 14.9. The normalized spacial score (nSPS) is 17.5. The van der Waals surface area contributed by atoms with Crippen molar-refractivity contribution in [1.29, 1.82) is 0 Å². The third kappa shape index (κ3) is 2.82. The zero-order chi connectivity index (χ0) is 14.6. The van der Waals surface area contributed by atoms with Gasteiger partial charge in [-0.05, 0) is 30.8 Å². The zero-order valence-corrected chi connectivity index (χ0v) is 12.6. The lowest BCUT2D eigenvalue weighted by atomic mass is 9.81. The number of rotatable bonds is 4. The number of ether oxygens (including phenoxy) is 1. The van der Waals surface area contributed by atoms with Crippen LogP contribution in [0.4, 0.5) is 0 Å². The van der Waals surface area contributed by atoms with Gasteiger partial charge in [0.25, 0.3) is 5.91 Å². The molecule has 1 saturated carbocycles. The van der Waals surface area contributed by atoms with Crippen LogP contribution < -0.4 is 5.32 Å². The van der Waals surface area contributed by atoms with E-state index in [0.717, 1.165) is 30.8 Å². The van der Waals surface area contributed by atoms with Gasteiger partial charge in [-0.25, -0.2) is 4.79 Å². The van der Waals surface area contributed by atoms with E-state index in [-0.39, 0.29) is 11.9 Å². The fourth-order valence-electron chi connectivity index (χ4n) is 2.62. The molecule has 110 valence electrons. The summed E-state index contributed by atoms with van der Waals surface area (Å²) >= 11 is 1.06. The summed E-state index contributed by atoms with van der Waals surface area (Å²) in [7, 11) is 1.36. The molecule has 20 heavy (non-hydrogen) atoms. The number of hydrogen-bond donors (Lipinski definition) is 1. The molecule has 0 radical (unpaired) electrons. The van der Waals surface area contributed by atoms with Crippen molar-refractivity contribution < 1.29 is 14.3 Å². The van der Waals surface area contributed by atoms with Crippen LogP contribution in [0.1, 0.15) is 54.4 Å². The first-order chi connectivity index (χ1) is 9.63. The topological polar surface area (TPSA) is 81.2 Å². The SMILES string of the molecule is CCc1nnsc1C(=O)NC1(C(=O)OC)CCCCC1. The number of esters is 1. The smallest absolute Gasteiger partial charge is 0.331 e. The van der Waals surface area contributed by atoms with Gasteiger partial charge in [-0.2, -0.15) is 0 Å². The molecule has 0 spiro atoms. The number of methoxy groups -OCH3 is 1. The number of nitrogens with zero attached hydrogens (tertiary/aromatic N) is 2. The zero-order valence-electron chi connectivity index (χ0n) is 11.8. The predicted molar refractivity (Wildman–Crippen MR) is 74.6 cm³/mol. The summed E-state index contributed by atoms with van der Waals surface area (Å²) in [5.74, 6) is -0.634. The molecule has 0 bridgehead atoms. The number of aryl methyl sites for hydroxylation is 1. The van der Waals surface area contributed by atoms with Crippen molar-refractivity contribution in [2.24, 2.45) is 0 Å². The van der Waals surface area contributed by atoms with Crippen LogP contribution in [-0.2, 0) is 16.0 Å². The van der Waals surface area contributed by atoms with E-state index >= 15 is 0 Å². The molecule has 1 aromatic rings. The summed E-state index contributed by atoms with van der Waals surface area (Å²) in [4.78, 5) is 25.0. The Kier molecular flexibility index (Phi) is 4.69. The Morgan fingerprint density at radius 2 is 2.05 bits per heavy atom. The highest BCUT2D eigenvalue weighted by Gasteiger charge is 2.42. The second-order valence-corrected chi connectivity index (χ2v) is 5.74. The number of amides is 1. The van der Waals surface area contributed by atoms with Crippen LogP contribution in [-0.4, -0.2) is 34.1 Å². The molecule has 0 atom stereocenters. The highest BCUT2D eigenvalue weighted by Crippen LogP contribution is 2.30. The van der Waals surface area contributed by atoms with Crippen LogP contribution in [0, 0.1) is 0 Å². The van der Waals surface area contributed by atoms with Crippen molar-refractivity contribution in [3.05, 3.63) is 10.6 Å². The molecule has 0 saturated heterocycles. The molecule has 7 heteroatoms. The highest BCUT2D eigenvalue weighted by atomic mass is 32.1. The van der Waals surface area contributed by atoms with Crippen LogP contribution in [0.25, 0.3) is 0 Å². The fourth-order valence-corrected chi connectivity index (χ4v) is 3.26. The molecular formula is C13H19N3O3S. The van der Waals surface area contributed by atoms with Gasteiger partial charge in [-0.1, -0.05) is 30.7 Å². The van der Waals surface area contributed by atoms with Gasteiger partial charge in [0.15, 0.2) is 0 Å². The van der Waals surface area contributed by atoms with Gasteiger partial charge in [-0.15, -0.1) is 5.10 Å². The van der Waals surface area contributed by atoms with Crippen molar-refractivity contribution in [1.82, 2.24) is 14.9 Å². The van der Waals surface area contributed by atoms with Gasteiger partial charge in [0.1, 0.15) is 10.4 Å². The third-order valence-electron chi connectivity index (χ3n) is 3.73. The monoisotopic (exact) mass is 297 g/mol.